The number of anilines is 1. The van der Waals surface area contributed by atoms with Crippen LogP contribution in [0.5, 0.6) is 5.75 Å². The standard InChI is InChI=1S/C14H20N2O2/c1-4-10-16(5-2)14(17)11-8-7-9-12(15)13(11)18-6-3/h4,7-9H,1,5-6,10,15H2,2-3H3. The van der Waals surface area contributed by atoms with Gasteiger partial charge in [0.05, 0.1) is 17.9 Å². The summed E-state index contributed by atoms with van der Waals surface area (Å²) in [5.74, 6) is 0.376. The van der Waals surface area contributed by atoms with Gasteiger partial charge in [-0.2, -0.15) is 0 Å². The summed E-state index contributed by atoms with van der Waals surface area (Å²) in [5, 5.41) is 0. The minimum absolute atomic E-state index is 0.0897. The van der Waals surface area contributed by atoms with E-state index in [0.29, 0.717) is 36.7 Å². The van der Waals surface area contributed by atoms with Crippen molar-refractivity contribution >= 4 is 11.6 Å². The van der Waals surface area contributed by atoms with Crippen LogP contribution in [-0.4, -0.2) is 30.5 Å². The van der Waals surface area contributed by atoms with E-state index in [1.54, 1.807) is 29.2 Å². The predicted molar refractivity (Wildman–Crippen MR) is 73.8 cm³/mol. The number of hydrogen-bond donors (Lipinski definition) is 1. The number of ether oxygens (including phenoxy) is 1. The van der Waals surface area contributed by atoms with Gasteiger partial charge >= 0.3 is 0 Å². The van der Waals surface area contributed by atoms with E-state index in [-0.39, 0.29) is 5.91 Å². The maximum Gasteiger partial charge on any atom is 0.257 e. The Morgan fingerprint density at radius 3 is 2.78 bits per heavy atom. The van der Waals surface area contributed by atoms with Crippen LogP contribution in [0.1, 0.15) is 24.2 Å². The number of carbonyl (C=O) groups excluding carboxylic acids is 1. The van der Waals surface area contributed by atoms with Crippen LogP contribution < -0.4 is 10.5 Å². The SMILES string of the molecule is C=CCN(CC)C(=O)c1cccc(N)c1OCC. The van der Waals surface area contributed by atoms with Gasteiger partial charge in [0.1, 0.15) is 0 Å². The van der Waals surface area contributed by atoms with Crippen molar-refractivity contribution in [2.24, 2.45) is 0 Å². The van der Waals surface area contributed by atoms with E-state index in [2.05, 4.69) is 6.58 Å². The summed E-state index contributed by atoms with van der Waals surface area (Å²) >= 11 is 0. The monoisotopic (exact) mass is 248 g/mol. The number of benzene rings is 1. The molecule has 98 valence electrons. The molecular formula is C14H20N2O2. The highest BCUT2D eigenvalue weighted by atomic mass is 16.5. The fourth-order valence-corrected chi connectivity index (χ4v) is 1.71. The van der Waals surface area contributed by atoms with Crippen molar-refractivity contribution < 1.29 is 9.53 Å². The number of hydrogen-bond acceptors (Lipinski definition) is 3. The van der Waals surface area contributed by atoms with Crippen molar-refractivity contribution in [1.29, 1.82) is 0 Å². The summed E-state index contributed by atoms with van der Waals surface area (Å²) < 4.78 is 5.46. The predicted octanol–water partition coefficient (Wildman–Crippen LogP) is 2.32. The minimum Gasteiger partial charge on any atom is -0.491 e. The average Bonchev–Trinajstić information content (AvgIpc) is 2.37. The van der Waals surface area contributed by atoms with E-state index in [9.17, 15) is 4.79 Å². The minimum atomic E-state index is -0.0897. The molecule has 4 nitrogen and oxygen atoms in total. The molecule has 0 heterocycles. The molecule has 0 atom stereocenters. The zero-order valence-electron chi connectivity index (χ0n) is 11.0. The Labute approximate surface area is 108 Å². The first-order valence-corrected chi connectivity index (χ1v) is 6.07. The summed E-state index contributed by atoms with van der Waals surface area (Å²) in [4.78, 5) is 14.0. The van der Waals surface area contributed by atoms with Crippen molar-refractivity contribution in [1.82, 2.24) is 4.90 Å². The van der Waals surface area contributed by atoms with Gasteiger partial charge < -0.3 is 15.4 Å². The number of amides is 1. The Balaban J connectivity index is 3.10. The quantitative estimate of drug-likeness (QED) is 0.621. The van der Waals surface area contributed by atoms with Crippen LogP contribution in [0.2, 0.25) is 0 Å². The molecule has 1 amide bonds. The average molecular weight is 248 g/mol. The molecule has 0 aliphatic carbocycles. The van der Waals surface area contributed by atoms with E-state index in [0.717, 1.165) is 0 Å². The largest absolute Gasteiger partial charge is 0.491 e. The first kappa shape index (κ1) is 14.1. The van der Waals surface area contributed by atoms with E-state index in [1.807, 2.05) is 13.8 Å². The molecule has 18 heavy (non-hydrogen) atoms. The molecule has 1 aromatic carbocycles. The molecule has 0 aliphatic rings. The summed E-state index contributed by atoms with van der Waals surface area (Å²) in [6.45, 7) is 9.04. The zero-order chi connectivity index (χ0) is 13.5. The highest BCUT2D eigenvalue weighted by Gasteiger charge is 2.19. The van der Waals surface area contributed by atoms with Gasteiger partial charge in [-0.1, -0.05) is 12.1 Å². The van der Waals surface area contributed by atoms with Gasteiger partial charge in [-0.15, -0.1) is 6.58 Å². The van der Waals surface area contributed by atoms with Crippen molar-refractivity contribution in [3.63, 3.8) is 0 Å². The molecule has 0 saturated carbocycles. The van der Waals surface area contributed by atoms with Crippen LogP contribution in [-0.2, 0) is 0 Å². The Hall–Kier alpha value is -1.97. The van der Waals surface area contributed by atoms with Gasteiger partial charge in [-0.25, -0.2) is 0 Å². The molecule has 4 heteroatoms. The van der Waals surface area contributed by atoms with E-state index >= 15 is 0 Å². The lowest BCUT2D eigenvalue weighted by Gasteiger charge is -2.21. The molecule has 1 rings (SSSR count). The van der Waals surface area contributed by atoms with Crippen molar-refractivity contribution in [2.75, 3.05) is 25.4 Å². The first-order chi connectivity index (χ1) is 8.65. The topological polar surface area (TPSA) is 55.6 Å². The summed E-state index contributed by atoms with van der Waals surface area (Å²) in [6.07, 6.45) is 1.70. The second-order valence-corrected chi connectivity index (χ2v) is 3.79. The number of para-hydroxylation sites is 1. The Bertz CT molecular complexity index is 430. The molecule has 0 spiro atoms. The van der Waals surface area contributed by atoms with Gasteiger partial charge in [-0.3, -0.25) is 4.79 Å². The molecule has 0 bridgehead atoms. The third kappa shape index (κ3) is 3.03. The Morgan fingerprint density at radius 2 is 2.22 bits per heavy atom. The van der Waals surface area contributed by atoms with Gasteiger partial charge in [-0.05, 0) is 26.0 Å². The molecular weight excluding hydrogens is 228 g/mol. The van der Waals surface area contributed by atoms with E-state index < -0.39 is 0 Å². The van der Waals surface area contributed by atoms with Crippen LogP contribution in [0, 0.1) is 0 Å². The van der Waals surface area contributed by atoms with Crippen molar-refractivity contribution in [3.8, 4) is 5.75 Å². The highest BCUT2D eigenvalue weighted by Crippen LogP contribution is 2.27. The second-order valence-electron chi connectivity index (χ2n) is 3.79. The third-order valence-electron chi connectivity index (χ3n) is 2.58. The number of nitrogens with two attached hydrogens (primary N) is 1. The molecule has 0 aliphatic heterocycles. The van der Waals surface area contributed by atoms with Gasteiger partial charge in [0, 0.05) is 13.1 Å². The molecule has 0 fully saturated rings. The molecule has 0 unspecified atom stereocenters. The summed E-state index contributed by atoms with van der Waals surface area (Å²) in [7, 11) is 0. The first-order valence-electron chi connectivity index (χ1n) is 6.07. The fourth-order valence-electron chi connectivity index (χ4n) is 1.71. The van der Waals surface area contributed by atoms with Crippen LogP contribution in [0.3, 0.4) is 0 Å². The third-order valence-corrected chi connectivity index (χ3v) is 2.58. The molecule has 1 aromatic rings. The number of rotatable bonds is 6. The van der Waals surface area contributed by atoms with Crippen LogP contribution >= 0.6 is 0 Å². The van der Waals surface area contributed by atoms with Crippen LogP contribution in [0.4, 0.5) is 5.69 Å². The highest BCUT2D eigenvalue weighted by molar-refractivity contribution is 5.98. The number of likely N-dealkylation sites (N-methyl/N-ethyl adjacent to an activating group) is 1. The van der Waals surface area contributed by atoms with Gasteiger partial charge in [0.2, 0.25) is 0 Å². The van der Waals surface area contributed by atoms with Gasteiger partial charge in [0.25, 0.3) is 5.91 Å². The van der Waals surface area contributed by atoms with Crippen molar-refractivity contribution in [2.45, 2.75) is 13.8 Å². The molecule has 0 radical (unpaired) electrons. The second kappa shape index (κ2) is 6.69. The van der Waals surface area contributed by atoms with Crippen LogP contribution in [0.15, 0.2) is 30.9 Å². The lowest BCUT2D eigenvalue weighted by atomic mass is 10.1. The maximum atomic E-state index is 12.4. The Kier molecular flexibility index (Phi) is 5.24. The van der Waals surface area contributed by atoms with Crippen molar-refractivity contribution in [3.05, 3.63) is 36.4 Å². The number of nitrogen functional groups attached to an aromatic ring is 1. The van der Waals surface area contributed by atoms with Gasteiger partial charge in [0.15, 0.2) is 5.75 Å². The summed E-state index contributed by atoms with van der Waals surface area (Å²) in [5.41, 5.74) is 6.83. The normalized spacial score (nSPS) is 9.89. The lowest BCUT2D eigenvalue weighted by Crippen LogP contribution is -2.31. The van der Waals surface area contributed by atoms with E-state index in [4.69, 9.17) is 10.5 Å². The van der Waals surface area contributed by atoms with E-state index in [1.165, 1.54) is 0 Å². The zero-order valence-corrected chi connectivity index (χ0v) is 11.0. The molecule has 0 saturated heterocycles. The smallest absolute Gasteiger partial charge is 0.257 e. The molecule has 2 N–H and O–H groups in total. The number of nitrogens with zero attached hydrogens (tertiary/aromatic N) is 1. The maximum absolute atomic E-state index is 12.4. The number of carbonyl (C=O) groups is 1. The molecule has 0 aromatic heterocycles. The summed E-state index contributed by atoms with van der Waals surface area (Å²) in [6, 6.07) is 5.22. The van der Waals surface area contributed by atoms with Crippen LogP contribution in [0.25, 0.3) is 0 Å². The Morgan fingerprint density at radius 1 is 1.50 bits per heavy atom. The fraction of sp³-hybridized carbons (Fsp3) is 0.357. The lowest BCUT2D eigenvalue weighted by molar-refractivity contribution is 0.0778.